The average molecular weight is 742 g/mol. The van der Waals surface area contributed by atoms with Gasteiger partial charge in [-0.15, -0.1) is 6.58 Å². The molecule has 0 bridgehead atoms. The van der Waals surface area contributed by atoms with Crippen molar-refractivity contribution in [2.75, 3.05) is 13.7 Å². The normalized spacial score (nSPS) is 25.2. The first kappa shape index (κ1) is 37.3. The fourth-order valence-corrected chi connectivity index (χ4v) is 7.92. The number of benzene rings is 1. The number of hydrogen-bond donors (Lipinski definition) is 3. The number of amides is 4. The quantitative estimate of drug-likeness (QED) is 0.256. The van der Waals surface area contributed by atoms with Crippen LogP contribution in [0.15, 0.2) is 43.1 Å². The summed E-state index contributed by atoms with van der Waals surface area (Å²) in [5, 5.41) is 7.00. The smallest absolute Gasteiger partial charge is 0.408 e. The number of likely N-dealkylation sites (tertiary alicyclic amines) is 1. The molecule has 6 rings (SSSR count). The third-order valence-corrected chi connectivity index (χ3v) is 11.0. The number of fused-ring (bicyclic) bond motifs is 1. The Labute approximate surface area is 303 Å². The molecular formula is C36H47N5O10S. The van der Waals surface area contributed by atoms with Crippen LogP contribution in [0.1, 0.15) is 72.1 Å². The summed E-state index contributed by atoms with van der Waals surface area (Å²) in [6, 6.07) is 4.96. The van der Waals surface area contributed by atoms with Gasteiger partial charge in [0.25, 0.3) is 5.91 Å². The minimum atomic E-state index is -4.42. The van der Waals surface area contributed by atoms with Crippen LogP contribution in [0, 0.1) is 11.3 Å². The number of methoxy groups -OCH3 is 1. The van der Waals surface area contributed by atoms with E-state index in [-0.39, 0.29) is 31.4 Å². The van der Waals surface area contributed by atoms with Crippen molar-refractivity contribution in [3.8, 4) is 11.6 Å². The molecule has 4 fully saturated rings. The molecule has 1 aliphatic heterocycles. The maximum atomic E-state index is 14.5. The van der Waals surface area contributed by atoms with E-state index in [1.807, 2.05) is 16.9 Å². The SMILES string of the molecule is C=CC1C[C@]1(NC(=O)[C@@H]1C[C@@H](Oc2nccc3cc(OC)ccc23)CN1C(=O)[C@@H](NC(=O)OC1CCCC1)C(C)(C)C)C(=O)NS(=O)(=O)OC1CC1. The molecular weight excluding hydrogens is 694 g/mol. The number of alkyl carbamates (subject to hydrolysis) is 1. The molecule has 3 N–H and O–H groups in total. The van der Waals surface area contributed by atoms with Crippen LogP contribution < -0.4 is 24.8 Å². The molecule has 15 nitrogen and oxygen atoms in total. The van der Waals surface area contributed by atoms with E-state index in [4.69, 9.17) is 18.4 Å². The predicted molar refractivity (Wildman–Crippen MR) is 188 cm³/mol. The first-order valence-electron chi connectivity index (χ1n) is 17.7. The molecule has 4 amide bonds. The fraction of sp³-hybridized carbons (Fsp3) is 0.583. The third-order valence-electron chi connectivity index (χ3n) is 10.1. The summed E-state index contributed by atoms with van der Waals surface area (Å²) in [7, 11) is -2.86. The van der Waals surface area contributed by atoms with Crippen LogP contribution in [0.25, 0.3) is 10.8 Å². The standard InChI is InChI=1S/C36H47N5O10S/c1-6-22-19-36(22,33(44)40-52(46,47)51-24-11-12-24)39-30(42)28-18-26(49-31-27-14-13-25(48-5)17-21(27)15-16-37-31)20-41(28)32(43)29(35(2,3)4)38-34(45)50-23-9-7-8-10-23/h6,13-17,22-24,26,28-29H,1,7-12,18-20H2,2-5H3,(H,38,45)(H,39,42)(H,40,44)/t22?,26-,28+,29-,36-/m1/s1. The zero-order valence-electron chi connectivity index (χ0n) is 29.9. The van der Waals surface area contributed by atoms with Gasteiger partial charge in [0.2, 0.25) is 17.7 Å². The number of nitrogens with zero attached hydrogens (tertiary/aromatic N) is 2. The van der Waals surface area contributed by atoms with Gasteiger partial charge in [0.15, 0.2) is 0 Å². The highest BCUT2D eigenvalue weighted by Gasteiger charge is 2.62. The van der Waals surface area contributed by atoms with Gasteiger partial charge in [-0.05, 0) is 80.0 Å². The largest absolute Gasteiger partial charge is 0.497 e. The molecule has 3 saturated carbocycles. The van der Waals surface area contributed by atoms with E-state index in [2.05, 4.69) is 22.2 Å². The molecule has 0 spiro atoms. The number of carbonyl (C=O) groups is 4. The molecule has 2 heterocycles. The Morgan fingerprint density at radius 2 is 1.79 bits per heavy atom. The lowest BCUT2D eigenvalue weighted by Gasteiger charge is -2.35. The second-order valence-corrected chi connectivity index (χ2v) is 16.4. The molecule has 0 radical (unpaired) electrons. The predicted octanol–water partition coefficient (Wildman–Crippen LogP) is 3.28. The lowest BCUT2D eigenvalue weighted by atomic mass is 9.85. The summed E-state index contributed by atoms with van der Waals surface area (Å²) in [5.74, 6) is -1.85. The molecule has 282 valence electrons. The third kappa shape index (κ3) is 8.27. The summed E-state index contributed by atoms with van der Waals surface area (Å²) in [4.78, 5) is 61.0. The van der Waals surface area contributed by atoms with Crippen molar-refractivity contribution in [1.82, 2.24) is 25.2 Å². The number of pyridine rings is 1. The Bertz CT molecular complexity index is 1840. The number of rotatable bonds is 13. The summed E-state index contributed by atoms with van der Waals surface area (Å²) in [5.41, 5.74) is -2.43. The van der Waals surface area contributed by atoms with Gasteiger partial charge in [0.1, 0.15) is 35.6 Å². The number of hydrogen-bond acceptors (Lipinski definition) is 11. The summed E-state index contributed by atoms with van der Waals surface area (Å²) in [6.45, 7) is 9.08. The van der Waals surface area contributed by atoms with Gasteiger partial charge >= 0.3 is 16.4 Å². The summed E-state index contributed by atoms with van der Waals surface area (Å²) >= 11 is 0. The number of carbonyl (C=O) groups excluding carboxylic acids is 4. The summed E-state index contributed by atoms with van der Waals surface area (Å²) in [6.07, 6.45) is 5.52. The van der Waals surface area contributed by atoms with Gasteiger partial charge in [-0.1, -0.05) is 26.8 Å². The topological polar surface area (TPSA) is 192 Å². The Hall–Kier alpha value is -4.44. The molecule has 4 aliphatic rings. The monoisotopic (exact) mass is 741 g/mol. The average Bonchev–Trinajstić information content (AvgIpc) is 3.92. The lowest BCUT2D eigenvalue weighted by molar-refractivity contribution is -0.143. The van der Waals surface area contributed by atoms with E-state index in [1.165, 1.54) is 11.0 Å². The van der Waals surface area contributed by atoms with E-state index in [1.54, 1.807) is 46.2 Å². The second-order valence-electron chi connectivity index (χ2n) is 15.1. The highest BCUT2D eigenvalue weighted by molar-refractivity contribution is 7.85. The Balaban J connectivity index is 1.26. The van der Waals surface area contributed by atoms with Crippen LogP contribution in [0.3, 0.4) is 0 Å². The first-order chi connectivity index (χ1) is 24.6. The number of ether oxygens (including phenoxy) is 3. The van der Waals surface area contributed by atoms with E-state index in [9.17, 15) is 27.6 Å². The van der Waals surface area contributed by atoms with Crippen molar-refractivity contribution in [2.24, 2.45) is 11.3 Å². The Morgan fingerprint density at radius 1 is 1.06 bits per heavy atom. The minimum Gasteiger partial charge on any atom is -0.497 e. The first-order valence-corrected chi connectivity index (χ1v) is 19.1. The van der Waals surface area contributed by atoms with E-state index in [0.717, 1.165) is 31.1 Å². The van der Waals surface area contributed by atoms with Crippen LogP contribution >= 0.6 is 0 Å². The Kier molecular flexibility index (Phi) is 10.4. The van der Waals surface area contributed by atoms with Gasteiger partial charge in [0, 0.05) is 23.9 Å². The zero-order chi connectivity index (χ0) is 37.4. The van der Waals surface area contributed by atoms with Gasteiger partial charge in [-0.2, -0.15) is 8.42 Å². The molecule has 1 unspecified atom stereocenters. The molecule has 1 aromatic carbocycles. The number of aromatic nitrogens is 1. The van der Waals surface area contributed by atoms with Crippen molar-refractivity contribution < 1.29 is 46.0 Å². The van der Waals surface area contributed by atoms with E-state index >= 15 is 0 Å². The number of nitrogens with one attached hydrogen (secondary N) is 3. The van der Waals surface area contributed by atoms with Crippen molar-refractivity contribution >= 4 is 44.9 Å². The van der Waals surface area contributed by atoms with E-state index in [0.29, 0.717) is 24.0 Å². The molecule has 2 aromatic rings. The van der Waals surface area contributed by atoms with Crippen LogP contribution in [0.4, 0.5) is 4.79 Å². The Morgan fingerprint density at radius 3 is 2.42 bits per heavy atom. The summed E-state index contributed by atoms with van der Waals surface area (Å²) < 4.78 is 49.3. The van der Waals surface area contributed by atoms with Crippen molar-refractivity contribution in [1.29, 1.82) is 0 Å². The molecule has 1 aromatic heterocycles. The lowest BCUT2D eigenvalue weighted by Crippen LogP contribution is -2.60. The van der Waals surface area contributed by atoms with Crippen LogP contribution in [0.2, 0.25) is 0 Å². The van der Waals surface area contributed by atoms with Gasteiger partial charge in [-0.25, -0.2) is 14.5 Å². The second kappa shape index (κ2) is 14.5. The van der Waals surface area contributed by atoms with Crippen LogP contribution in [0.5, 0.6) is 11.6 Å². The molecule has 1 saturated heterocycles. The molecule has 52 heavy (non-hydrogen) atoms. The van der Waals surface area contributed by atoms with Gasteiger partial charge in [-0.3, -0.25) is 18.6 Å². The maximum Gasteiger partial charge on any atom is 0.408 e. The molecule has 5 atom stereocenters. The van der Waals surface area contributed by atoms with Crippen molar-refractivity contribution in [2.45, 2.75) is 108 Å². The minimum absolute atomic E-state index is 0.00865. The van der Waals surface area contributed by atoms with Gasteiger partial charge < -0.3 is 29.7 Å². The van der Waals surface area contributed by atoms with Crippen LogP contribution in [-0.4, -0.2) is 91.7 Å². The molecule has 3 aliphatic carbocycles. The molecule has 16 heteroatoms. The van der Waals surface area contributed by atoms with E-state index < -0.39 is 75.3 Å². The highest BCUT2D eigenvalue weighted by atomic mass is 32.2. The van der Waals surface area contributed by atoms with Gasteiger partial charge in [0.05, 0.1) is 19.8 Å². The highest BCUT2D eigenvalue weighted by Crippen LogP contribution is 2.45. The van der Waals surface area contributed by atoms with Crippen LogP contribution in [-0.2, 0) is 33.6 Å². The van der Waals surface area contributed by atoms with Crippen molar-refractivity contribution in [3.63, 3.8) is 0 Å². The van der Waals surface area contributed by atoms with Crippen molar-refractivity contribution in [3.05, 3.63) is 43.1 Å². The zero-order valence-corrected chi connectivity index (χ0v) is 30.7. The fourth-order valence-electron chi connectivity index (χ4n) is 6.92. The maximum absolute atomic E-state index is 14.5.